The van der Waals surface area contributed by atoms with Crippen LogP contribution in [0.5, 0.6) is 5.75 Å². The number of phenolic OH excluding ortho intramolecular Hbond substituents is 1. The Hall–Kier alpha value is -3.82. The Labute approximate surface area is 198 Å². The highest BCUT2D eigenvalue weighted by molar-refractivity contribution is 6.11. The van der Waals surface area contributed by atoms with Gasteiger partial charge in [-0.05, 0) is 31.9 Å². The number of nitrogen functional groups attached to an aromatic ring is 1. The van der Waals surface area contributed by atoms with Crippen LogP contribution in [0.1, 0.15) is 47.7 Å². The lowest BCUT2D eigenvalue weighted by molar-refractivity contribution is -0.131. The van der Waals surface area contributed by atoms with Crippen LogP contribution in [0.25, 0.3) is 16.7 Å². The molecule has 1 fully saturated rings. The SMILES string of the molecule is CCCCC(=O)N1CCN(c2ncc3c(C(N)=O)c(N)n(-c4c(C)ccc(O)c4C)c3n2)CC1. The van der Waals surface area contributed by atoms with E-state index in [2.05, 4.69) is 11.9 Å². The highest BCUT2D eigenvalue weighted by atomic mass is 16.3. The molecule has 1 aliphatic rings. The van der Waals surface area contributed by atoms with Crippen molar-refractivity contribution in [1.29, 1.82) is 0 Å². The molecule has 0 radical (unpaired) electrons. The van der Waals surface area contributed by atoms with Gasteiger partial charge in [0.25, 0.3) is 5.91 Å². The molecule has 4 rings (SSSR count). The molecular formula is C24H31N7O3. The number of aryl methyl sites for hydroxylation is 1. The second-order valence-corrected chi connectivity index (χ2v) is 8.71. The molecule has 34 heavy (non-hydrogen) atoms. The summed E-state index contributed by atoms with van der Waals surface area (Å²) in [7, 11) is 0. The number of benzene rings is 1. The average molecular weight is 466 g/mol. The summed E-state index contributed by atoms with van der Waals surface area (Å²) in [4.78, 5) is 37.8. The number of nitrogens with two attached hydrogens (primary N) is 2. The Balaban J connectivity index is 1.75. The third-order valence-electron chi connectivity index (χ3n) is 6.47. The second kappa shape index (κ2) is 9.20. The molecular weight excluding hydrogens is 434 g/mol. The predicted molar refractivity (Wildman–Crippen MR) is 131 cm³/mol. The number of nitrogens with zero attached hydrogens (tertiary/aromatic N) is 5. The molecule has 5 N–H and O–H groups in total. The summed E-state index contributed by atoms with van der Waals surface area (Å²) in [6, 6.07) is 3.40. The molecule has 1 saturated heterocycles. The van der Waals surface area contributed by atoms with Crippen molar-refractivity contribution >= 4 is 34.6 Å². The number of phenols is 1. The van der Waals surface area contributed by atoms with Gasteiger partial charge in [0.2, 0.25) is 11.9 Å². The van der Waals surface area contributed by atoms with E-state index in [0.717, 1.165) is 18.4 Å². The molecule has 10 nitrogen and oxygen atoms in total. The van der Waals surface area contributed by atoms with Crippen molar-refractivity contribution in [3.63, 3.8) is 0 Å². The Morgan fingerprint density at radius 1 is 1.15 bits per heavy atom. The first-order valence-corrected chi connectivity index (χ1v) is 11.5. The maximum Gasteiger partial charge on any atom is 0.253 e. The number of aromatic nitrogens is 3. The van der Waals surface area contributed by atoms with Crippen molar-refractivity contribution in [2.45, 2.75) is 40.0 Å². The number of anilines is 2. The van der Waals surface area contributed by atoms with Gasteiger partial charge >= 0.3 is 0 Å². The van der Waals surface area contributed by atoms with E-state index in [1.165, 1.54) is 0 Å². The summed E-state index contributed by atoms with van der Waals surface area (Å²) < 4.78 is 1.66. The number of carbonyl (C=O) groups excluding carboxylic acids is 2. The van der Waals surface area contributed by atoms with E-state index in [1.54, 1.807) is 29.8 Å². The van der Waals surface area contributed by atoms with Crippen molar-refractivity contribution < 1.29 is 14.7 Å². The molecule has 0 unspecified atom stereocenters. The molecule has 180 valence electrons. The van der Waals surface area contributed by atoms with Gasteiger partial charge in [0.1, 0.15) is 11.6 Å². The van der Waals surface area contributed by atoms with Crippen LogP contribution in [0.2, 0.25) is 0 Å². The van der Waals surface area contributed by atoms with Gasteiger partial charge in [0, 0.05) is 44.4 Å². The van der Waals surface area contributed by atoms with E-state index in [1.807, 2.05) is 16.7 Å². The number of piperazine rings is 1. The highest BCUT2D eigenvalue weighted by Crippen LogP contribution is 2.35. The highest BCUT2D eigenvalue weighted by Gasteiger charge is 2.27. The maximum atomic E-state index is 12.4. The molecule has 0 spiro atoms. The zero-order valence-corrected chi connectivity index (χ0v) is 19.8. The minimum Gasteiger partial charge on any atom is -0.508 e. The number of primary amides is 1. The lowest BCUT2D eigenvalue weighted by atomic mass is 10.1. The van der Waals surface area contributed by atoms with Gasteiger partial charge in [-0.2, -0.15) is 4.98 Å². The molecule has 0 atom stereocenters. The zero-order valence-electron chi connectivity index (χ0n) is 19.8. The second-order valence-electron chi connectivity index (χ2n) is 8.71. The monoisotopic (exact) mass is 465 g/mol. The van der Waals surface area contributed by atoms with Crippen molar-refractivity contribution in [2.75, 3.05) is 36.8 Å². The normalized spacial score (nSPS) is 14.1. The summed E-state index contributed by atoms with van der Waals surface area (Å²) in [5.41, 5.74) is 14.8. The fourth-order valence-electron chi connectivity index (χ4n) is 4.52. The summed E-state index contributed by atoms with van der Waals surface area (Å²) in [5, 5.41) is 10.8. The summed E-state index contributed by atoms with van der Waals surface area (Å²) in [6.45, 7) is 8.16. The van der Waals surface area contributed by atoms with Gasteiger partial charge in [-0.1, -0.05) is 19.4 Å². The predicted octanol–water partition coefficient (Wildman–Crippen LogP) is 2.26. The first-order valence-electron chi connectivity index (χ1n) is 11.5. The van der Waals surface area contributed by atoms with Gasteiger partial charge in [-0.25, -0.2) is 4.98 Å². The Bertz CT molecular complexity index is 1260. The van der Waals surface area contributed by atoms with Crippen molar-refractivity contribution in [2.24, 2.45) is 5.73 Å². The molecule has 3 heterocycles. The van der Waals surface area contributed by atoms with Gasteiger partial charge in [-0.3, -0.25) is 14.2 Å². The number of unbranched alkanes of at least 4 members (excludes halogenated alkanes) is 1. The van der Waals surface area contributed by atoms with Gasteiger partial charge in [0.15, 0.2) is 5.65 Å². The van der Waals surface area contributed by atoms with Crippen LogP contribution in [0, 0.1) is 13.8 Å². The van der Waals surface area contributed by atoms with E-state index < -0.39 is 5.91 Å². The lowest BCUT2D eigenvalue weighted by Crippen LogP contribution is -2.49. The number of fused-ring (bicyclic) bond motifs is 1. The molecule has 0 saturated carbocycles. The Kier molecular flexibility index (Phi) is 6.32. The standard InChI is InChI=1S/C24H31N7O3/c1-4-5-6-18(33)29-9-11-30(12-10-29)24-27-13-16-19(22(26)34)21(25)31(23(16)28-24)20-14(2)7-8-17(32)15(20)3/h7-8,13,32H,4-6,9-12,25H2,1-3H3,(H2,26,34). The smallest absolute Gasteiger partial charge is 0.253 e. The average Bonchev–Trinajstić information content (AvgIpc) is 3.11. The van der Waals surface area contributed by atoms with Crippen LogP contribution in [-0.2, 0) is 4.79 Å². The fourth-order valence-corrected chi connectivity index (χ4v) is 4.52. The lowest BCUT2D eigenvalue weighted by Gasteiger charge is -2.34. The van der Waals surface area contributed by atoms with E-state index in [4.69, 9.17) is 16.5 Å². The van der Waals surface area contributed by atoms with Crippen LogP contribution >= 0.6 is 0 Å². The number of hydrogen-bond donors (Lipinski definition) is 3. The number of carbonyl (C=O) groups is 2. The van der Waals surface area contributed by atoms with Gasteiger partial charge < -0.3 is 26.4 Å². The topological polar surface area (TPSA) is 144 Å². The molecule has 2 amide bonds. The molecule has 10 heteroatoms. The third-order valence-corrected chi connectivity index (χ3v) is 6.47. The number of aromatic hydroxyl groups is 1. The van der Waals surface area contributed by atoms with Crippen LogP contribution < -0.4 is 16.4 Å². The van der Waals surface area contributed by atoms with Crippen LogP contribution in [0.15, 0.2) is 18.3 Å². The molecule has 1 aromatic carbocycles. The third kappa shape index (κ3) is 4.00. The summed E-state index contributed by atoms with van der Waals surface area (Å²) >= 11 is 0. The van der Waals surface area contributed by atoms with E-state index in [9.17, 15) is 14.7 Å². The van der Waals surface area contributed by atoms with E-state index >= 15 is 0 Å². The Morgan fingerprint density at radius 3 is 2.50 bits per heavy atom. The first kappa shape index (κ1) is 23.3. The Morgan fingerprint density at radius 2 is 1.85 bits per heavy atom. The minimum atomic E-state index is -0.674. The molecule has 1 aliphatic heterocycles. The summed E-state index contributed by atoms with van der Waals surface area (Å²) in [5.74, 6) is 0.254. The minimum absolute atomic E-state index is 0.112. The molecule has 0 bridgehead atoms. The van der Waals surface area contributed by atoms with Crippen molar-refractivity contribution in [3.05, 3.63) is 35.0 Å². The first-order chi connectivity index (χ1) is 16.2. The van der Waals surface area contributed by atoms with Crippen LogP contribution in [0.3, 0.4) is 0 Å². The molecule has 0 aliphatic carbocycles. The van der Waals surface area contributed by atoms with Crippen molar-refractivity contribution in [1.82, 2.24) is 19.4 Å². The van der Waals surface area contributed by atoms with Gasteiger partial charge in [-0.15, -0.1) is 0 Å². The number of rotatable bonds is 6. The zero-order chi connectivity index (χ0) is 24.6. The van der Waals surface area contributed by atoms with Gasteiger partial charge in [0.05, 0.1) is 16.6 Å². The van der Waals surface area contributed by atoms with Crippen molar-refractivity contribution in [3.8, 4) is 11.4 Å². The van der Waals surface area contributed by atoms with E-state index in [-0.39, 0.29) is 23.0 Å². The number of amides is 2. The maximum absolute atomic E-state index is 12.4. The fraction of sp³-hybridized carbons (Fsp3) is 0.417. The quantitative estimate of drug-likeness (QED) is 0.506. The van der Waals surface area contributed by atoms with Crippen LogP contribution in [0.4, 0.5) is 11.8 Å². The molecule has 2 aromatic heterocycles. The largest absolute Gasteiger partial charge is 0.508 e. The van der Waals surface area contributed by atoms with E-state index in [0.29, 0.717) is 60.8 Å². The molecule has 3 aromatic rings. The number of hydrogen-bond acceptors (Lipinski definition) is 7. The summed E-state index contributed by atoms with van der Waals surface area (Å²) in [6.07, 6.45) is 4.03. The van der Waals surface area contributed by atoms with Crippen LogP contribution in [-0.4, -0.2) is 62.5 Å².